The molecule has 0 aliphatic rings. The minimum atomic E-state index is -0.301. The van der Waals surface area contributed by atoms with Gasteiger partial charge in [0.1, 0.15) is 5.82 Å². The molecule has 0 aliphatic carbocycles. The lowest BCUT2D eigenvalue weighted by Gasteiger charge is -2.06. The van der Waals surface area contributed by atoms with Crippen LogP contribution in [0.2, 0.25) is 0 Å². The third kappa shape index (κ3) is 2.65. The van der Waals surface area contributed by atoms with Crippen LogP contribution in [0.3, 0.4) is 0 Å². The van der Waals surface area contributed by atoms with E-state index in [2.05, 4.69) is 36.9 Å². The molecule has 0 radical (unpaired) electrons. The Kier molecular flexibility index (Phi) is 3.80. The number of aromatic nitrogens is 6. The Labute approximate surface area is 149 Å². The number of hydrogen-bond acceptors (Lipinski definition) is 4. The normalized spacial score (nSPS) is 11.2. The van der Waals surface area contributed by atoms with E-state index in [1.165, 1.54) is 0 Å². The second-order valence-electron chi connectivity index (χ2n) is 6.10. The fourth-order valence-electron chi connectivity index (χ4n) is 3.07. The van der Waals surface area contributed by atoms with E-state index in [0.29, 0.717) is 17.0 Å². The number of nitrogens with one attached hydrogen (secondary N) is 2. The van der Waals surface area contributed by atoms with Crippen molar-refractivity contribution >= 4 is 22.6 Å². The number of carbonyl (C=O) groups excluding carboxylic acids is 1. The van der Waals surface area contributed by atoms with Gasteiger partial charge in [0.15, 0.2) is 11.5 Å². The molecule has 0 aliphatic heterocycles. The predicted octanol–water partition coefficient (Wildman–Crippen LogP) is 2.74. The molecule has 8 nitrogen and oxygen atoms in total. The van der Waals surface area contributed by atoms with Gasteiger partial charge in [-0.2, -0.15) is 5.10 Å². The monoisotopic (exact) mass is 349 g/mol. The standard InChI is InChI=1S/C18H19N7O/c1-4-25-8-6-19-17(25)13-10-20-15-12(13)9-11(2)21-16(15)18(26)22-14-5-7-24(3)23-14/h5-10,20H,4H2,1-3H3,(H,22,23,26). The Morgan fingerprint density at radius 3 is 2.92 bits per heavy atom. The van der Waals surface area contributed by atoms with Crippen LogP contribution in [0.15, 0.2) is 36.9 Å². The molecule has 2 N–H and O–H groups in total. The summed E-state index contributed by atoms with van der Waals surface area (Å²) in [6.07, 6.45) is 7.36. The first-order valence-corrected chi connectivity index (χ1v) is 8.38. The molecule has 0 unspecified atom stereocenters. The second-order valence-corrected chi connectivity index (χ2v) is 6.10. The summed E-state index contributed by atoms with van der Waals surface area (Å²) in [6.45, 7) is 4.76. The molecule has 0 saturated heterocycles. The van der Waals surface area contributed by atoms with Crippen molar-refractivity contribution in [1.82, 2.24) is 29.3 Å². The quantitative estimate of drug-likeness (QED) is 0.592. The average molecular weight is 349 g/mol. The molecule has 1 amide bonds. The highest BCUT2D eigenvalue weighted by Gasteiger charge is 2.19. The number of rotatable bonds is 4. The Morgan fingerprint density at radius 1 is 1.35 bits per heavy atom. The number of aromatic amines is 1. The van der Waals surface area contributed by atoms with E-state index in [4.69, 9.17) is 0 Å². The zero-order chi connectivity index (χ0) is 18.3. The number of pyridine rings is 1. The van der Waals surface area contributed by atoms with Crippen LogP contribution in [0.25, 0.3) is 22.3 Å². The number of H-pyrrole nitrogens is 1. The Bertz CT molecular complexity index is 1100. The molecule has 4 aromatic heterocycles. The largest absolute Gasteiger partial charge is 0.359 e. The Balaban J connectivity index is 1.80. The first kappa shape index (κ1) is 16.1. The zero-order valence-corrected chi connectivity index (χ0v) is 14.8. The van der Waals surface area contributed by atoms with Gasteiger partial charge in [-0.15, -0.1) is 0 Å². The lowest BCUT2D eigenvalue weighted by molar-refractivity contribution is 0.102. The van der Waals surface area contributed by atoms with Crippen LogP contribution < -0.4 is 5.32 Å². The first-order valence-electron chi connectivity index (χ1n) is 8.38. The third-order valence-electron chi connectivity index (χ3n) is 4.27. The van der Waals surface area contributed by atoms with E-state index >= 15 is 0 Å². The highest BCUT2D eigenvalue weighted by atomic mass is 16.2. The minimum absolute atomic E-state index is 0.301. The van der Waals surface area contributed by atoms with Gasteiger partial charge in [-0.05, 0) is 19.9 Å². The van der Waals surface area contributed by atoms with Crippen LogP contribution in [-0.2, 0) is 13.6 Å². The fourth-order valence-corrected chi connectivity index (χ4v) is 3.07. The van der Waals surface area contributed by atoms with Crippen molar-refractivity contribution in [2.75, 3.05) is 5.32 Å². The van der Waals surface area contributed by atoms with Gasteiger partial charge in [-0.1, -0.05) is 0 Å². The number of anilines is 1. The molecule has 4 heterocycles. The molecular formula is C18H19N7O. The number of nitrogens with zero attached hydrogens (tertiary/aromatic N) is 5. The lowest BCUT2D eigenvalue weighted by Crippen LogP contribution is -2.15. The Morgan fingerprint density at radius 2 is 2.19 bits per heavy atom. The summed E-state index contributed by atoms with van der Waals surface area (Å²) < 4.78 is 3.69. The SMILES string of the molecule is CCn1ccnc1-c1c[nH]c2c(C(=O)Nc3ccn(C)n3)nc(C)cc12. The van der Waals surface area contributed by atoms with Crippen LogP contribution >= 0.6 is 0 Å². The van der Waals surface area contributed by atoms with Gasteiger partial charge in [0, 0.05) is 61.1 Å². The molecule has 26 heavy (non-hydrogen) atoms. The molecule has 0 atom stereocenters. The summed E-state index contributed by atoms with van der Waals surface area (Å²) in [7, 11) is 1.80. The van der Waals surface area contributed by atoms with Crippen molar-refractivity contribution in [2.24, 2.45) is 7.05 Å². The maximum atomic E-state index is 12.7. The number of fused-ring (bicyclic) bond motifs is 1. The number of imidazole rings is 1. The van der Waals surface area contributed by atoms with E-state index in [1.807, 2.05) is 25.4 Å². The fraction of sp³-hybridized carbons (Fsp3) is 0.222. The smallest absolute Gasteiger partial charge is 0.277 e. The topological polar surface area (TPSA) is 93.4 Å². The van der Waals surface area contributed by atoms with Crippen LogP contribution in [0.5, 0.6) is 0 Å². The Hall–Kier alpha value is -3.42. The second kappa shape index (κ2) is 6.14. The summed E-state index contributed by atoms with van der Waals surface area (Å²) >= 11 is 0. The average Bonchev–Trinajstić information content (AvgIpc) is 3.32. The van der Waals surface area contributed by atoms with Crippen molar-refractivity contribution in [2.45, 2.75) is 20.4 Å². The molecule has 8 heteroatoms. The molecule has 0 saturated carbocycles. The summed E-state index contributed by atoms with van der Waals surface area (Å²) in [6, 6.07) is 3.70. The lowest BCUT2D eigenvalue weighted by atomic mass is 10.1. The van der Waals surface area contributed by atoms with E-state index in [1.54, 1.807) is 30.2 Å². The van der Waals surface area contributed by atoms with Crippen molar-refractivity contribution < 1.29 is 4.79 Å². The van der Waals surface area contributed by atoms with Gasteiger partial charge in [-0.3, -0.25) is 9.48 Å². The number of carbonyl (C=O) groups is 1. The van der Waals surface area contributed by atoms with Crippen LogP contribution in [0, 0.1) is 6.92 Å². The summed E-state index contributed by atoms with van der Waals surface area (Å²) in [4.78, 5) is 24.8. The maximum absolute atomic E-state index is 12.7. The summed E-state index contributed by atoms with van der Waals surface area (Å²) in [5.74, 6) is 1.05. The molecule has 0 aromatic carbocycles. The highest BCUT2D eigenvalue weighted by Crippen LogP contribution is 2.29. The van der Waals surface area contributed by atoms with Gasteiger partial charge in [0.25, 0.3) is 5.91 Å². The van der Waals surface area contributed by atoms with E-state index < -0.39 is 0 Å². The van der Waals surface area contributed by atoms with Crippen molar-refractivity contribution in [3.63, 3.8) is 0 Å². The van der Waals surface area contributed by atoms with Crippen molar-refractivity contribution in [1.29, 1.82) is 0 Å². The van der Waals surface area contributed by atoms with E-state index in [9.17, 15) is 4.79 Å². The molecule has 0 spiro atoms. The van der Waals surface area contributed by atoms with Gasteiger partial charge >= 0.3 is 0 Å². The molecular weight excluding hydrogens is 330 g/mol. The maximum Gasteiger partial charge on any atom is 0.277 e. The van der Waals surface area contributed by atoms with Gasteiger partial charge in [-0.25, -0.2) is 9.97 Å². The summed E-state index contributed by atoms with van der Waals surface area (Å²) in [5, 5.41) is 7.89. The van der Waals surface area contributed by atoms with Gasteiger partial charge < -0.3 is 14.9 Å². The van der Waals surface area contributed by atoms with Crippen LogP contribution in [-0.4, -0.2) is 35.2 Å². The third-order valence-corrected chi connectivity index (χ3v) is 4.27. The van der Waals surface area contributed by atoms with Gasteiger partial charge in [0.05, 0.1) is 5.52 Å². The highest BCUT2D eigenvalue weighted by molar-refractivity contribution is 6.12. The zero-order valence-electron chi connectivity index (χ0n) is 14.8. The first-order chi connectivity index (χ1) is 12.6. The number of amides is 1. The predicted molar refractivity (Wildman–Crippen MR) is 98.9 cm³/mol. The molecule has 0 bridgehead atoms. The minimum Gasteiger partial charge on any atom is -0.359 e. The molecule has 132 valence electrons. The number of hydrogen-bond donors (Lipinski definition) is 2. The van der Waals surface area contributed by atoms with Crippen molar-refractivity contribution in [3.8, 4) is 11.4 Å². The van der Waals surface area contributed by atoms with Crippen LogP contribution in [0.1, 0.15) is 23.1 Å². The molecule has 4 aromatic rings. The molecule has 4 rings (SSSR count). The molecule has 0 fully saturated rings. The van der Waals surface area contributed by atoms with Gasteiger partial charge in [0.2, 0.25) is 0 Å². The van der Waals surface area contributed by atoms with E-state index in [-0.39, 0.29) is 5.91 Å². The van der Waals surface area contributed by atoms with Crippen molar-refractivity contribution in [3.05, 3.63) is 48.3 Å². The number of aryl methyl sites for hydroxylation is 3. The summed E-state index contributed by atoms with van der Waals surface area (Å²) in [5.41, 5.74) is 2.74. The van der Waals surface area contributed by atoms with E-state index in [0.717, 1.165) is 29.0 Å². The van der Waals surface area contributed by atoms with Crippen LogP contribution in [0.4, 0.5) is 5.82 Å².